The van der Waals surface area contributed by atoms with Crippen molar-refractivity contribution in [1.29, 1.82) is 0 Å². The number of carbonyl (C=O) groups is 3. The summed E-state index contributed by atoms with van der Waals surface area (Å²) in [4.78, 5) is 38.5. The van der Waals surface area contributed by atoms with E-state index in [1.807, 2.05) is 0 Å². The molecule has 0 fully saturated rings. The molecule has 0 N–H and O–H groups in total. The van der Waals surface area contributed by atoms with E-state index in [4.69, 9.17) is 14.2 Å². The summed E-state index contributed by atoms with van der Waals surface area (Å²) in [5.74, 6) is -0.839. The van der Waals surface area contributed by atoms with Crippen molar-refractivity contribution in [2.45, 2.75) is 419 Å². The molecule has 0 amide bonds. The Labute approximate surface area is 512 Å². The molecule has 1 atom stereocenters. The molecule has 6 nitrogen and oxygen atoms in total. The third kappa shape index (κ3) is 68.4. The summed E-state index contributed by atoms with van der Waals surface area (Å²) in [7, 11) is 0. The maximum absolute atomic E-state index is 13.0. The first-order valence-electron chi connectivity index (χ1n) is 37.0. The molecule has 6 heteroatoms. The highest BCUT2D eigenvalue weighted by Crippen LogP contribution is 2.19. The minimum absolute atomic E-state index is 0.0680. The molecule has 0 aromatic carbocycles. The van der Waals surface area contributed by atoms with Gasteiger partial charge in [0, 0.05) is 19.3 Å². The van der Waals surface area contributed by atoms with Gasteiger partial charge >= 0.3 is 17.9 Å². The molecule has 0 aromatic heterocycles. The molecule has 0 aromatic rings. The smallest absolute Gasteiger partial charge is 0.306 e. The molecule has 0 aliphatic carbocycles. The van der Waals surface area contributed by atoms with Crippen LogP contribution in [-0.2, 0) is 28.6 Å². The Hall–Kier alpha value is -2.37. The second kappa shape index (κ2) is 71.1. The fourth-order valence-electron chi connectivity index (χ4n) is 11.3. The predicted octanol–water partition coefficient (Wildman–Crippen LogP) is 25.5. The molecule has 0 radical (unpaired) electrons. The van der Waals surface area contributed by atoms with Crippen molar-refractivity contribution in [1.82, 2.24) is 0 Å². The fraction of sp³-hybridized carbons (Fsp3) is 0.882. The average molecular weight is 1150 g/mol. The monoisotopic (exact) mass is 1150 g/mol. The molecule has 0 aliphatic rings. The second-order valence-electron chi connectivity index (χ2n) is 25.2. The van der Waals surface area contributed by atoms with Gasteiger partial charge in [0.15, 0.2) is 6.10 Å². The van der Waals surface area contributed by atoms with E-state index in [1.54, 1.807) is 0 Å². The molecule has 482 valence electrons. The Morgan fingerprint density at radius 1 is 0.244 bits per heavy atom. The Balaban J connectivity index is 4.29. The molecule has 0 aliphatic heterocycles. The van der Waals surface area contributed by atoms with E-state index >= 15 is 0 Å². The highest BCUT2D eigenvalue weighted by molar-refractivity contribution is 5.71. The van der Waals surface area contributed by atoms with Crippen LogP contribution in [0.2, 0.25) is 0 Å². The minimum atomic E-state index is -0.773. The molecular weight excluding hydrogens is 1010 g/mol. The first-order chi connectivity index (χ1) is 40.5. The zero-order chi connectivity index (χ0) is 59.2. The van der Waals surface area contributed by atoms with Crippen LogP contribution in [0, 0.1) is 0 Å². The van der Waals surface area contributed by atoms with Crippen molar-refractivity contribution in [2.24, 2.45) is 0 Å². The number of unbranched alkanes of at least 4 members (excludes halogenated alkanes) is 52. The number of carbonyl (C=O) groups excluding carboxylic acids is 3. The number of hydrogen-bond donors (Lipinski definition) is 0. The van der Waals surface area contributed by atoms with Crippen LogP contribution in [0.15, 0.2) is 36.5 Å². The largest absolute Gasteiger partial charge is 0.462 e. The van der Waals surface area contributed by atoms with Crippen LogP contribution in [0.1, 0.15) is 412 Å². The van der Waals surface area contributed by atoms with E-state index in [0.717, 1.165) is 64.2 Å². The fourth-order valence-corrected chi connectivity index (χ4v) is 11.3. The van der Waals surface area contributed by atoms with Gasteiger partial charge in [-0.15, -0.1) is 0 Å². The first kappa shape index (κ1) is 79.6. The molecule has 0 heterocycles. The summed E-state index contributed by atoms with van der Waals surface area (Å²) in [5, 5.41) is 0. The third-order valence-electron chi connectivity index (χ3n) is 16.9. The molecule has 0 rings (SSSR count). The zero-order valence-electron chi connectivity index (χ0n) is 55.5. The van der Waals surface area contributed by atoms with Gasteiger partial charge in [0.05, 0.1) is 0 Å². The van der Waals surface area contributed by atoms with E-state index in [0.29, 0.717) is 19.3 Å². The minimum Gasteiger partial charge on any atom is -0.462 e. The van der Waals surface area contributed by atoms with Crippen molar-refractivity contribution in [3.8, 4) is 0 Å². The molecule has 82 heavy (non-hydrogen) atoms. The van der Waals surface area contributed by atoms with Gasteiger partial charge in [0.2, 0.25) is 0 Å². The van der Waals surface area contributed by atoms with Gasteiger partial charge in [-0.2, -0.15) is 0 Å². The quantitative estimate of drug-likeness (QED) is 0.0261. The van der Waals surface area contributed by atoms with E-state index in [1.165, 1.54) is 308 Å². The molecule has 0 saturated heterocycles. The van der Waals surface area contributed by atoms with Gasteiger partial charge in [-0.25, -0.2) is 0 Å². The zero-order valence-corrected chi connectivity index (χ0v) is 55.5. The van der Waals surface area contributed by atoms with Gasteiger partial charge in [-0.3, -0.25) is 14.4 Å². The van der Waals surface area contributed by atoms with Crippen LogP contribution in [-0.4, -0.2) is 37.2 Å². The molecule has 1 unspecified atom stereocenters. The standard InChI is InChI=1S/C76H142O6/c1-4-7-10-13-16-19-22-25-28-31-34-36-37-38-39-40-43-45-48-51-54-57-60-63-66-69-75(78)81-72-73(71-80-74(77)68-65-62-59-56-53-50-47-44-41-33-30-27-24-21-18-15-12-9-6-3)82-76(79)70-67-64-61-58-55-52-49-46-42-35-32-29-26-23-20-17-14-11-8-5-2/h18,21,27,30-31,34,73H,4-17,19-20,22-26,28-29,32-33,35-72H2,1-3H3/b21-18-,30-27-,34-31-. The van der Waals surface area contributed by atoms with Gasteiger partial charge in [-0.05, 0) is 77.0 Å². The maximum atomic E-state index is 13.0. The summed E-state index contributed by atoms with van der Waals surface area (Å²) in [6.07, 6.45) is 88.9. The Morgan fingerprint density at radius 2 is 0.439 bits per heavy atom. The summed E-state index contributed by atoms with van der Waals surface area (Å²) in [6, 6.07) is 0. The van der Waals surface area contributed by atoms with Crippen molar-refractivity contribution in [3.63, 3.8) is 0 Å². The van der Waals surface area contributed by atoms with Gasteiger partial charge in [0.1, 0.15) is 13.2 Å². The van der Waals surface area contributed by atoms with Crippen LogP contribution in [0.4, 0.5) is 0 Å². The molecule has 0 bridgehead atoms. The van der Waals surface area contributed by atoms with E-state index < -0.39 is 6.10 Å². The Morgan fingerprint density at radius 3 is 0.707 bits per heavy atom. The van der Waals surface area contributed by atoms with E-state index in [-0.39, 0.29) is 31.1 Å². The summed E-state index contributed by atoms with van der Waals surface area (Å²) in [5.41, 5.74) is 0. The molecule has 0 spiro atoms. The van der Waals surface area contributed by atoms with Crippen molar-refractivity contribution in [3.05, 3.63) is 36.5 Å². The van der Waals surface area contributed by atoms with Crippen molar-refractivity contribution < 1.29 is 28.6 Å². The van der Waals surface area contributed by atoms with Gasteiger partial charge in [0.25, 0.3) is 0 Å². The lowest BCUT2D eigenvalue weighted by Gasteiger charge is -2.18. The van der Waals surface area contributed by atoms with Crippen LogP contribution in [0.25, 0.3) is 0 Å². The van der Waals surface area contributed by atoms with E-state index in [9.17, 15) is 14.4 Å². The highest BCUT2D eigenvalue weighted by atomic mass is 16.6. The van der Waals surface area contributed by atoms with Crippen LogP contribution in [0.3, 0.4) is 0 Å². The predicted molar refractivity (Wildman–Crippen MR) is 358 cm³/mol. The second-order valence-corrected chi connectivity index (χ2v) is 25.2. The van der Waals surface area contributed by atoms with Crippen LogP contribution in [0.5, 0.6) is 0 Å². The molecular formula is C76H142O6. The number of rotatable bonds is 69. The molecule has 0 saturated carbocycles. The number of ether oxygens (including phenoxy) is 3. The van der Waals surface area contributed by atoms with Gasteiger partial charge in [-0.1, -0.05) is 353 Å². The third-order valence-corrected chi connectivity index (χ3v) is 16.9. The van der Waals surface area contributed by atoms with Crippen LogP contribution >= 0.6 is 0 Å². The van der Waals surface area contributed by atoms with E-state index in [2.05, 4.69) is 57.2 Å². The Bertz CT molecular complexity index is 1370. The van der Waals surface area contributed by atoms with Gasteiger partial charge < -0.3 is 14.2 Å². The SMILES string of the molecule is CCCCC/C=C\C/C=C\CCCCCCCCCCCC(=O)OCC(COC(=O)CCCCCCCCCCCCCCC/C=C\CCCCCCCCCC)OC(=O)CCCCCCCCCCCCCCCCCCCCCC. The normalized spacial score (nSPS) is 12.2. The first-order valence-corrected chi connectivity index (χ1v) is 37.0. The summed E-state index contributed by atoms with van der Waals surface area (Å²) >= 11 is 0. The summed E-state index contributed by atoms with van der Waals surface area (Å²) < 4.78 is 17.0. The lowest BCUT2D eigenvalue weighted by atomic mass is 10.0. The topological polar surface area (TPSA) is 78.9 Å². The number of esters is 3. The number of allylic oxidation sites excluding steroid dienone is 6. The summed E-state index contributed by atoms with van der Waals surface area (Å²) in [6.45, 7) is 6.70. The lowest BCUT2D eigenvalue weighted by Crippen LogP contribution is -2.30. The average Bonchev–Trinajstić information content (AvgIpc) is 3.47. The lowest BCUT2D eigenvalue weighted by molar-refractivity contribution is -0.167. The highest BCUT2D eigenvalue weighted by Gasteiger charge is 2.20. The van der Waals surface area contributed by atoms with Crippen molar-refractivity contribution in [2.75, 3.05) is 13.2 Å². The Kier molecular flexibility index (Phi) is 69.1. The van der Waals surface area contributed by atoms with Crippen LogP contribution < -0.4 is 0 Å². The maximum Gasteiger partial charge on any atom is 0.306 e. The van der Waals surface area contributed by atoms with Crippen molar-refractivity contribution >= 4 is 17.9 Å². The number of hydrogen-bond acceptors (Lipinski definition) is 6.